The van der Waals surface area contributed by atoms with E-state index in [4.69, 9.17) is 4.74 Å². The van der Waals surface area contributed by atoms with Crippen molar-refractivity contribution in [1.82, 2.24) is 25.1 Å². The molecule has 1 aliphatic rings. The van der Waals surface area contributed by atoms with E-state index in [1.807, 2.05) is 34.9 Å². The molecule has 30 heavy (non-hydrogen) atoms. The number of thioether (sulfide) groups is 1. The van der Waals surface area contributed by atoms with Crippen LogP contribution in [0, 0.1) is 0 Å². The first-order valence-corrected chi connectivity index (χ1v) is 10.9. The zero-order chi connectivity index (χ0) is 20.8. The van der Waals surface area contributed by atoms with Crippen molar-refractivity contribution >= 4 is 23.5 Å². The molecule has 0 radical (unpaired) electrons. The molecule has 0 unspecified atom stereocenters. The van der Waals surface area contributed by atoms with E-state index in [1.165, 1.54) is 24.6 Å². The van der Waals surface area contributed by atoms with Gasteiger partial charge in [-0.15, -0.1) is 10.2 Å². The monoisotopic (exact) mass is 424 g/mol. The predicted molar refractivity (Wildman–Crippen MR) is 116 cm³/mol. The first-order chi connectivity index (χ1) is 14.7. The third-order valence-corrected chi connectivity index (χ3v) is 5.87. The van der Waals surface area contributed by atoms with Crippen molar-refractivity contribution < 1.29 is 9.53 Å². The lowest BCUT2D eigenvalue weighted by Crippen LogP contribution is -2.25. The molecule has 8 nitrogen and oxygen atoms in total. The lowest BCUT2D eigenvalue weighted by Gasteiger charge is -2.17. The zero-order valence-corrected chi connectivity index (χ0v) is 17.6. The summed E-state index contributed by atoms with van der Waals surface area (Å²) in [6.45, 7) is 2.58. The van der Waals surface area contributed by atoms with Gasteiger partial charge in [0.05, 0.1) is 12.9 Å². The van der Waals surface area contributed by atoms with E-state index in [-0.39, 0.29) is 11.7 Å². The maximum atomic E-state index is 12.4. The zero-order valence-electron chi connectivity index (χ0n) is 16.8. The van der Waals surface area contributed by atoms with Gasteiger partial charge >= 0.3 is 0 Å². The molecular weight excluding hydrogens is 400 g/mol. The molecule has 3 aromatic rings. The average Bonchev–Trinajstić information content (AvgIpc) is 3.49. The molecular formula is C21H24N6O2S. The average molecular weight is 425 g/mol. The number of carbonyl (C=O) groups excluding carboxylic acids is 1. The summed E-state index contributed by atoms with van der Waals surface area (Å²) in [7, 11) is 1.63. The van der Waals surface area contributed by atoms with Gasteiger partial charge in [0.2, 0.25) is 5.91 Å². The second-order valence-corrected chi connectivity index (χ2v) is 7.91. The van der Waals surface area contributed by atoms with Crippen LogP contribution in [0.15, 0.2) is 54.1 Å². The number of methoxy groups -OCH3 is 1. The summed E-state index contributed by atoms with van der Waals surface area (Å²) >= 11 is 1.35. The number of benzene rings is 1. The molecule has 1 saturated heterocycles. The molecule has 1 aliphatic heterocycles. The van der Waals surface area contributed by atoms with Gasteiger partial charge in [0.1, 0.15) is 17.9 Å². The second kappa shape index (κ2) is 9.62. The summed E-state index contributed by atoms with van der Waals surface area (Å²) in [4.78, 5) is 19.1. The van der Waals surface area contributed by atoms with Crippen LogP contribution in [0.3, 0.4) is 0 Å². The summed E-state index contributed by atoms with van der Waals surface area (Å²) in [5.74, 6) is 1.98. The van der Waals surface area contributed by atoms with Crippen molar-refractivity contribution in [2.24, 2.45) is 0 Å². The molecule has 0 spiro atoms. The van der Waals surface area contributed by atoms with Crippen molar-refractivity contribution in [3.63, 3.8) is 0 Å². The molecule has 4 rings (SSSR count). The Kier molecular flexibility index (Phi) is 6.48. The van der Waals surface area contributed by atoms with Crippen LogP contribution < -0.4 is 15.0 Å². The third-order valence-electron chi connectivity index (χ3n) is 4.93. The molecule has 1 amide bonds. The Morgan fingerprint density at radius 2 is 2.00 bits per heavy atom. The van der Waals surface area contributed by atoms with Crippen LogP contribution in [0.5, 0.6) is 5.75 Å². The van der Waals surface area contributed by atoms with Crippen LogP contribution in [0.25, 0.3) is 5.69 Å². The molecule has 0 saturated carbocycles. The summed E-state index contributed by atoms with van der Waals surface area (Å²) in [6, 6.07) is 11.6. The van der Waals surface area contributed by atoms with E-state index in [2.05, 4.69) is 31.5 Å². The number of rotatable bonds is 8. The van der Waals surface area contributed by atoms with Crippen molar-refractivity contribution in [2.75, 3.05) is 30.9 Å². The van der Waals surface area contributed by atoms with Crippen molar-refractivity contribution in [1.29, 1.82) is 0 Å². The van der Waals surface area contributed by atoms with Gasteiger partial charge in [-0.25, -0.2) is 4.98 Å². The van der Waals surface area contributed by atoms with Crippen LogP contribution in [-0.2, 0) is 11.3 Å². The minimum Gasteiger partial charge on any atom is -0.497 e. The Labute approximate surface area is 179 Å². The lowest BCUT2D eigenvalue weighted by molar-refractivity contribution is -0.118. The number of pyridine rings is 1. The molecule has 1 aromatic carbocycles. The molecule has 1 fully saturated rings. The van der Waals surface area contributed by atoms with E-state index < -0.39 is 0 Å². The number of carbonyl (C=O) groups is 1. The topological polar surface area (TPSA) is 85.2 Å². The van der Waals surface area contributed by atoms with Crippen LogP contribution >= 0.6 is 11.8 Å². The van der Waals surface area contributed by atoms with E-state index >= 15 is 0 Å². The largest absolute Gasteiger partial charge is 0.497 e. The van der Waals surface area contributed by atoms with Crippen LogP contribution in [0.2, 0.25) is 0 Å². The molecule has 0 bridgehead atoms. The first-order valence-electron chi connectivity index (χ1n) is 9.87. The molecule has 1 N–H and O–H groups in total. The highest BCUT2D eigenvalue weighted by atomic mass is 32.2. The van der Waals surface area contributed by atoms with Gasteiger partial charge < -0.3 is 15.0 Å². The summed E-state index contributed by atoms with van der Waals surface area (Å²) in [5, 5.41) is 11.7. The van der Waals surface area contributed by atoms with Crippen molar-refractivity contribution in [2.45, 2.75) is 24.5 Å². The van der Waals surface area contributed by atoms with E-state index in [0.717, 1.165) is 35.9 Å². The molecule has 9 heteroatoms. The maximum absolute atomic E-state index is 12.4. The van der Waals surface area contributed by atoms with Gasteiger partial charge in [-0.2, -0.15) is 0 Å². The smallest absolute Gasteiger partial charge is 0.230 e. The Hall–Kier alpha value is -3.07. The third kappa shape index (κ3) is 4.91. The quantitative estimate of drug-likeness (QED) is 0.557. The standard InChI is InChI=1S/C21H24N6O2S/c1-29-18-6-4-17(5-7-18)27-15-24-25-21(27)30-14-20(28)23-13-16-8-9-22-19(12-16)26-10-2-3-11-26/h4-9,12,15H,2-3,10-11,13-14H2,1H3,(H,23,28). The molecule has 0 atom stereocenters. The summed E-state index contributed by atoms with van der Waals surface area (Å²) in [5.41, 5.74) is 1.96. The molecule has 3 heterocycles. The fourth-order valence-electron chi connectivity index (χ4n) is 3.31. The van der Waals surface area contributed by atoms with E-state index in [0.29, 0.717) is 11.7 Å². The highest BCUT2D eigenvalue weighted by molar-refractivity contribution is 7.99. The Morgan fingerprint density at radius 1 is 1.20 bits per heavy atom. The highest BCUT2D eigenvalue weighted by Crippen LogP contribution is 2.22. The highest BCUT2D eigenvalue weighted by Gasteiger charge is 2.14. The lowest BCUT2D eigenvalue weighted by atomic mass is 10.2. The number of ether oxygens (including phenoxy) is 1. The van der Waals surface area contributed by atoms with Crippen LogP contribution in [0.4, 0.5) is 5.82 Å². The Balaban J connectivity index is 1.30. The van der Waals surface area contributed by atoms with E-state index in [1.54, 1.807) is 19.6 Å². The number of nitrogens with zero attached hydrogens (tertiary/aromatic N) is 5. The number of hydrogen-bond donors (Lipinski definition) is 1. The minimum absolute atomic E-state index is 0.0520. The van der Waals surface area contributed by atoms with Gasteiger partial charge in [0.15, 0.2) is 5.16 Å². The van der Waals surface area contributed by atoms with Gasteiger partial charge in [-0.05, 0) is 54.8 Å². The van der Waals surface area contributed by atoms with Crippen molar-refractivity contribution in [3.05, 3.63) is 54.5 Å². The van der Waals surface area contributed by atoms with Crippen LogP contribution in [0.1, 0.15) is 18.4 Å². The van der Waals surface area contributed by atoms with Gasteiger partial charge in [-0.1, -0.05) is 11.8 Å². The van der Waals surface area contributed by atoms with Crippen molar-refractivity contribution in [3.8, 4) is 11.4 Å². The maximum Gasteiger partial charge on any atom is 0.230 e. The SMILES string of the molecule is COc1ccc(-n2cnnc2SCC(=O)NCc2ccnc(N3CCCC3)c2)cc1. The molecule has 0 aliphatic carbocycles. The number of anilines is 1. The number of aromatic nitrogens is 4. The van der Waals surface area contributed by atoms with E-state index in [9.17, 15) is 4.79 Å². The van der Waals surface area contributed by atoms with Gasteiger partial charge in [0, 0.05) is 31.5 Å². The number of amides is 1. The van der Waals surface area contributed by atoms with Gasteiger partial charge in [0.25, 0.3) is 0 Å². The minimum atomic E-state index is -0.0520. The van der Waals surface area contributed by atoms with Crippen LogP contribution in [-0.4, -0.2) is 51.6 Å². The first kappa shape index (κ1) is 20.2. The number of nitrogens with one attached hydrogen (secondary N) is 1. The fourth-order valence-corrected chi connectivity index (χ4v) is 4.07. The summed E-state index contributed by atoms with van der Waals surface area (Å²) < 4.78 is 7.04. The Morgan fingerprint density at radius 3 is 2.77 bits per heavy atom. The van der Waals surface area contributed by atoms with Gasteiger partial charge in [-0.3, -0.25) is 9.36 Å². The Bertz CT molecular complexity index is 985. The fraction of sp³-hybridized carbons (Fsp3) is 0.333. The molecule has 156 valence electrons. The second-order valence-electron chi connectivity index (χ2n) is 6.96. The predicted octanol–water partition coefficient (Wildman–Crippen LogP) is 2.68. The normalized spacial score (nSPS) is 13.4. The molecule has 2 aromatic heterocycles. The number of hydrogen-bond acceptors (Lipinski definition) is 7. The summed E-state index contributed by atoms with van der Waals surface area (Å²) in [6.07, 6.45) is 5.86.